The molecule has 3 heterocycles. The summed E-state index contributed by atoms with van der Waals surface area (Å²) in [5.74, 6) is 0.972. The van der Waals surface area contributed by atoms with Crippen LogP contribution < -0.4 is 0 Å². The number of halogens is 1. The number of fused-ring (bicyclic) bond motifs is 2. The van der Waals surface area contributed by atoms with E-state index >= 15 is 0 Å². The van der Waals surface area contributed by atoms with Gasteiger partial charge in [-0.3, -0.25) is 4.90 Å². The highest BCUT2D eigenvalue weighted by Gasteiger charge is 2.46. The first-order chi connectivity index (χ1) is 14.3. The highest BCUT2D eigenvalue weighted by atomic mass is 19.1. The summed E-state index contributed by atoms with van der Waals surface area (Å²) in [4.78, 5) is 29.7. The van der Waals surface area contributed by atoms with E-state index in [-0.39, 0.29) is 18.4 Å². The molecule has 0 unspecified atom stereocenters. The van der Waals surface area contributed by atoms with Crippen LogP contribution >= 0.6 is 0 Å². The number of piperidine rings is 1. The maximum atomic E-state index is 13.4. The van der Waals surface area contributed by atoms with Crippen LogP contribution in [0.5, 0.6) is 0 Å². The minimum atomic E-state index is -0.474. The summed E-state index contributed by atoms with van der Waals surface area (Å²) in [6.07, 6.45) is 0.859. The third-order valence-corrected chi connectivity index (χ3v) is 5.90. The van der Waals surface area contributed by atoms with Gasteiger partial charge in [0.2, 0.25) is 0 Å². The standard InChI is InChI=1S/C20H25FN6O3/c1-24(2)18(28)25-10-8-20(9-11-25)13-26(19(29)30-3)12-16-22-23-17(27(16)20)14-4-6-15(21)7-5-14/h4-7H,8-13H2,1-3H3. The van der Waals surface area contributed by atoms with Gasteiger partial charge >= 0.3 is 12.1 Å². The second kappa shape index (κ2) is 7.58. The summed E-state index contributed by atoms with van der Waals surface area (Å²) in [5.41, 5.74) is 0.283. The molecule has 9 nitrogen and oxygen atoms in total. The molecule has 1 fully saturated rings. The van der Waals surface area contributed by atoms with Crippen molar-refractivity contribution in [1.82, 2.24) is 29.5 Å². The van der Waals surface area contributed by atoms with Crippen molar-refractivity contribution >= 4 is 12.1 Å². The van der Waals surface area contributed by atoms with Gasteiger partial charge in [0.05, 0.1) is 19.2 Å². The summed E-state index contributed by atoms with van der Waals surface area (Å²) >= 11 is 0. The molecule has 3 amide bonds. The number of aromatic nitrogens is 3. The van der Waals surface area contributed by atoms with Gasteiger partial charge in [-0.2, -0.15) is 0 Å². The fourth-order valence-electron chi connectivity index (χ4n) is 4.39. The number of ether oxygens (including phenoxy) is 1. The lowest BCUT2D eigenvalue weighted by Crippen LogP contribution is -2.58. The van der Waals surface area contributed by atoms with Crippen molar-refractivity contribution in [3.05, 3.63) is 35.9 Å². The highest BCUT2D eigenvalue weighted by molar-refractivity contribution is 5.74. The predicted octanol–water partition coefficient (Wildman–Crippen LogP) is 2.14. The third-order valence-electron chi connectivity index (χ3n) is 5.90. The average Bonchev–Trinajstić information content (AvgIpc) is 3.18. The smallest absolute Gasteiger partial charge is 0.409 e. The van der Waals surface area contributed by atoms with Gasteiger partial charge in [-0.05, 0) is 37.1 Å². The van der Waals surface area contributed by atoms with Gasteiger partial charge < -0.3 is 19.1 Å². The molecule has 2 aromatic rings. The Morgan fingerprint density at radius 3 is 2.37 bits per heavy atom. The lowest BCUT2D eigenvalue weighted by molar-refractivity contribution is 0.0405. The number of urea groups is 1. The van der Waals surface area contributed by atoms with E-state index in [0.29, 0.717) is 44.1 Å². The summed E-state index contributed by atoms with van der Waals surface area (Å²) in [7, 11) is 4.82. The summed E-state index contributed by atoms with van der Waals surface area (Å²) in [5, 5.41) is 8.71. The average molecular weight is 416 g/mol. The second-order valence-electron chi connectivity index (χ2n) is 8.00. The molecule has 4 rings (SSSR count). The minimum absolute atomic E-state index is 0.0341. The van der Waals surface area contributed by atoms with Crippen molar-refractivity contribution in [1.29, 1.82) is 0 Å². The first-order valence-electron chi connectivity index (χ1n) is 9.84. The van der Waals surface area contributed by atoms with Crippen LogP contribution in [0.2, 0.25) is 0 Å². The number of benzene rings is 1. The fourth-order valence-corrected chi connectivity index (χ4v) is 4.39. The summed E-state index contributed by atoms with van der Waals surface area (Å²) < 4.78 is 20.5. The van der Waals surface area contributed by atoms with Crippen LogP contribution in [0.15, 0.2) is 24.3 Å². The Bertz CT molecular complexity index is 950. The lowest BCUT2D eigenvalue weighted by atomic mass is 9.84. The van der Waals surface area contributed by atoms with E-state index in [1.807, 2.05) is 4.90 Å². The van der Waals surface area contributed by atoms with Gasteiger partial charge in [0, 0.05) is 39.3 Å². The number of carbonyl (C=O) groups is 2. The topological polar surface area (TPSA) is 83.8 Å². The van der Waals surface area contributed by atoms with Crippen molar-refractivity contribution in [2.24, 2.45) is 0 Å². The molecule has 1 aromatic heterocycles. The Labute approximate surface area is 174 Å². The van der Waals surface area contributed by atoms with Crippen LogP contribution in [0.3, 0.4) is 0 Å². The Morgan fingerprint density at radius 2 is 1.77 bits per heavy atom. The number of carbonyl (C=O) groups excluding carboxylic acids is 2. The molecule has 2 aliphatic heterocycles. The molecular weight excluding hydrogens is 391 g/mol. The number of rotatable bonds is 1. The largest absolute Gasteiger partial charge is 0.453 e. The van der Waals surface area contributed by atoms with Gasteiger partial charge in [-0.25, -0.2) is 14.0 Å². The molecule has 0 radical (unpaired) electrons. The van der Waals surface area contributed by atoms with Crippen LogP contribution in [0.4, 0.5) is 14.0 Å². The Hall–Kier alpha value is -3.17. The van der Waals surface area contributed by atoms with E-state index in [9.17, 15) is 14.0 Å². The fraction of sp³-hybridized carbons (Fsp3) is 0.500. The normalized spacial score (nSPS) is 17.6. The molecule has 2 aliphatic rings. The lowest BCUT2D eigenvalue weighted by Gasteiger charge is -2.48. The number of likely N-dealkylation sites (tertiary alicyclic amines) is 1. The van der Waals surface area contributed by atoms with Crippen LogP contribution in [0.1, 0.15) is 18.7 Å². The van der Waals surface area contributed by atoms with Crippen molar-refractivity contribution in [2.45, 2.75) is 24.9 Å². The number of hydrogen-bond acceptors (Lipinski definition) is 5. The third kappa shape index (κ3) is 3.35. The maximum absolute atomic E-state index is 13.4. The second-order valence-corrected chi connectivity index (χ2v) is 8.00. The van der Waals surface area contributed by atoms with Crippen molar-refractivity contribution in [3.63, 3.8) is 0 Å². The quantitative estimate of drug-likeness (QED) is 0.711. The zero-order valence-corrected chi connectivity index (χ0v) is 17.3. The van der Waals surface area contributed by atoms with E-state index in [2.05, 4.69) is 14.8 Å². The highest BCUT2D eigenvalue weighted by Crippen LogP contribution is 2.39. The van der Waals surface area contributed by atoms with Crippen molar-refractivity contribution < 1.29 is 18.7 Å². The molecule has 10 heteroatoms. The van der Waals surface area contributed by atoms with Crippen LogP contribution in [0, 0.1) is 5.82 Å². The minimum Gasteiger partial charge on any atom is -0.453 e. The van der Waals surface area contributed by atoms with Crippen molar-refractivity contribution in [3.8, 4) is 11.4 Å². The first-order valence-corrected chi connectivity index (χ1v) is 9.84. The Morgan fingerprint density at radius 1 is 1.10 bits per heavy atom. The monoisotopic (exact) mass is 416 g/mol. The van der Waals surface area contributed by atoms with E-state index < -0.39 is 11.6 Å². The zero-order valence-electron chi connectivity index (χ0n) is 17.3. The van der Waals surface area contributed by atoms with Gasteiger partial charge in [0.1, 0.15) is 5.82 Å². The molecule has 1 aromatic carbocycles. The molecule has 1 spiro atoms. The predicted molar refractivity (Wildman–Crippen MR) is 106 cm³/mol. The van der Waals surface area contributed by atoms with Gasteiger partial charge in [-0.15, -0.1) is 10.2 Å². The maximum Gasteiger partial charge on any atom is 0.409 e. The molecule has 30 heavy (non-hydrogen) atoms. The van der Waals surface area contributed by atoms with E-state index in [1.165, 1.54) is 19.2 Å². The first kappa shape index (κ1) is 20.1. The van der Waals surface area contributed by atoms with Crippen LogP contribution in [0.25, 0.3) is 11.4 Å². The Kier molecular flexibility index (Phi) is 5.08. The van der Waals surface area contributed by atoms with E-state index in [0.717, 1.165) is 5.56 Å². The van der Waals surface area contributed by atoms with Gasteiger partial charge in [0.25, 0.3) is 0 Å². The van der Waals surface area contributed by atoms with Crippen LogP contribution in [-0.2, 0) is 16.8 Å². The number of methoxy groups -OCH3 is 1. The number of amides is 3. The molecule has 0 atom stereocenters. The Balaban J connectivity index is 1.73. The van der Waals surface area contributed by atoms with Crippen LogP contribution in [-0.4, -0.2) is 82.4 Å². The van der Waals surface area contributed by atoms with Gasteiger partial charge in [0.15, 0.2) is 11.6 Å². The van der Waals surface area contributed by atoms with E-state index in [4.69, 9.17) is 4.74 Å². The SMILES string of the molecule is COC(=O)N1Cc2nnc(-c3ccc(F)cc3)n2C2(CCN(C(=O)N(C)C)CC2)C1. The molecular formula is C20H25FN6O3. The molecule has 0 bridgehead atoms. The molecule has 160 valence electrons. The van der Waals surface area contributed by atoms with Crippen molar-refractivity contribution in [2.75, 3.05) is 40.8 Å². The number of nitrogens with zero attached hydrogens (tertiary/aromatic N) is 6. The molecule has 0 aliphatic carbocycles. The molecule has 0 N–H and O–H groups in total. The summed E-state index contributed by atoms with van der Waals surface area (Å²) in [6, 6.07) is 6.11. The number of hydrogen-bond donors (Lipinski definition) is 0. The van der Waals surface area contributed by atoms with E-state index in [1.54, 1.807) is 36.0 Å². The van der Waals surface area contributed by atoms with Gasteiger partial charge in [-0.1, -0.05) is 0 Å². The molecule has 1 saturated heterocycles. The summed E-state index contributed by atoms with van der Waals surface area (Å²) in [6.45, 7) is 1.81. The molecule has 0 saturated carbocycles. The zero-order chi connectivity index (χ0) is 21.5.